The van der Waals surface area contributed by atoms with Gasteiger partial charge in [-0.25, -0.2) is 0 Å². The van der Waals surface area contributed by atoms with Crippen LogP contribution in [0.3, 0.4) is 0 Å². The molecule has 0 radical (unpaired) electrons. The van der Waals surface area contributed by atoms with Gasteiger partial charge in [-0.05, 0) is 45.1 Å². The summed E-state index contributed by atoms with van der Waals surface area (Å²) in [6.07, 6.45) is 1.26. The smallest absolute Gasteiger partial charge is 0.0426 e. The molecular weight excluding hydrogens is 222 g/mol. The van der Waals surface area contributed by atoms with E-state index in [2.05, 4.69) is 55.1 Å². The topological polar surface area (TPSA) is 32.5 Å². The lowest BCUT2D eigenvalue weighted by Crippen LogP contribution is -2.35. The van der Waals surface area contributed by atoms with Crippen molar-refractivity contribution >= 4 is 0 Å². The average Bonchev–Trinajstić information content (AvgIpc) is 2.78. The molecule has 0 saturated carbocycles. The fourth-order valence-electron chi connectivity index (χ4n) is 2.78. The number of hydrogen-bond acceptors (Lipinski definition) is 3. The molecule has 2 unspecified atom stereocenters. The lowest BCUT2D eigenvalue weighted by atomic mass is 10.0. The number of likely N-dealkylation sites (N-methyl/N-ethyl adjacent to an activating group) is 1. The second-order valence-electron chi connectivity index (χ2n) is 5.63. The van der Waals surface area contributed by atoms with Crippen LogP contribution in [0.5, 0.6) is 0 Å². The number of nitrogens with two attached hydrogens (primary N) is 1. The molecule has 0 amide bonds. The van der Waals surface area contributed by atoms with E-state index in [1.54, 1.807) is 0 Å². The van der Waals surface area contributed by atoms with Crippen LogP contribution < -0.4 is 5.73 Å². The highest BCUT2D eigenvalue weighted by Crippen LogP contribution is 2.19. The Balaban J connectivity index is 1.93. The predicted octanol–water partition coefficient (Wildman–Crippen LogP) is 1.63. The number of rotatable bonds is 4. The lowest BCUT2D eigenvalue weighted by Gasteiger charge is -2.23. The van der Waals surface area contributed by atoms with Crippen LogP contribution in [-0.4, -0.2) is 49.6 Å². The van der Waals surface area contributed by atoms with Crippen molar-refractivity contribution < 1.29 is 0 Å². The Labute approximate surface area is 111 Å². The van der Waals surface area contributed by atoms with Gasteiger partial charge in [0, 0.05) is 25.2 Å². The quantitative estimate of drug-likeness (QED) is 0.878. The van der Waals surface area contributed by atoms with Gasteiger partial charge < -0.3 is 10.6 Å². The molecule has 1 aromatic rings. The summed E-state index contributed by atoms with van der Waals surface area (Å²) in [5.41, 5.74) is 8.92. The summed E-state index contributed by atoms with van der Waals surface area (Å²) in [6, 6.07) is 9.26. The van der Waals surface area contributed by atoms with Crippen molar-refractivity contribution in [1.29, 1.82) is 0 Å². The van der Waals surface area contributed by atoms with E-state index >= 15 is 0 Å². The fraction of sp³-hybridized carbons (Fsp3) is 0.600. The molecule has 18 heavy (non-hydrogen) atoms. The van der Waals surface area contributed by atoms with Crippen molar-refractivity contribution in [3.63, 3.8) is 0 Å². The molecule has 0 aromatic heterocycles. The maximum atomic E-state index is 6.34. The third-order valence-corrected chi connectivity index (χ3v) is 4.02. The van der Waals surface area contributed by atoms with E-state index in [-0.39, 0.29) is 6.04 Å². The van der Waals surface area contributed by atoms with Gasteiger partial charge in [0.2, 0.25) is 0 Å². The summed E-state index contributed by atoms with van der Waals surface area (Å²) in [5.74, 6) is 0. The van der Waals surface area contributed by atoms with Gasteiger partial charge >= 0.3 is 0 Å². The molecule has 1 aromatic carbocycles. The van der Waals surface area contributed by atoms with Gasteiger partial charge in [0.25, 0.3) is 0 Å². The predicted molar refractivity (Wildman–Crippen MR) is 76.6 cm³/mol. The summed E-state index contributed by atoms with van der Waals surface area (Å²) >= 11 is 0. The number of likely N-dealkylation sites (tertiary alicyclic amines) is 1. The van der Waals surface area contributed by atoms with Crippen molar-refractivity contribution in [3.05, 3.63) is 35.4 Å². The Morgan fingerprint density at radius 1 is 1.39 bits per heavy atom. The molecule has 0 spiro atoms. The minimum atomic E-state index is 0.132. The first-order chi connectivity index (χ1) is 8.58. The second kappa shape index (κ2) is 5.83. The Bertz CT molecular complexity index is 389. The molecule has 1 fully saturated rings. The third kappa shape index (κ3) is 3.10. The van der Waals surface area contributed by atoms with Crippen molar-refractivity contribution in [1.82, 2.24) is 9.80 Å². The molecule has 2 atom stereocenters. The van der Waals surface area contributed by atoms with Gasteiger partial charge in [-0.15, -0.1) is 0 Å². The summed E-state index contributed by atoms with van der Waals surface area (Å²) < 4.78 is 0. The molecule has 0 bridgehead atoms. The van der Waals surface area contributed by atoms with Crippen LogP contribution in [-0.2, 0) is 0 Å². The van der Waals surface area contributed by atoms with Crippen LogP contribution in [0.2, 0.25) is 0 Å². The van der Waals surface area contributed by atoms with Crippen LogP contribution >= 0.6 is 0 Å². The molecular formula is C15H25N3. The lowest BCUT2D eigenvalue weighted by molar-refractivity contribution is 0.260. The van der Waals surface area contributed by atoms with Crippen LogP contribution in [0, 0.1) is 6.92 Å². The van der Waals surface area contributed by atoms with Crippen molar-refractivity contribution in [3.8, 4) is 0 Å². The van der Waals surface area contributed by atoms with E-state index in [9.17, 15) is 0 Å². The average molecular weight is 247 g/mol. The monoisotopic (exact) mass is 247 g/mol. The highest BCUT2D eigenvalue weighted by molar-refractivity contribution is 5.28. The number of hydrogen-bond donors (Lipinski definition) is 1. The Morgan fingerprint density at radius 3 is 2.72 bits per heavy atom. The largest absolute Gasteiger partial charge is 0.323 e. The zero-order valence-corrected chi connectivity index (χ0v) is 11.8. The molecule has 1 aliphatic rings. The molecule has 1 aliphatic heterocycles. The van der Waals surface area contributed by atoms with Crippen LogP contribution in [0.25, 0.3) is 0 Å². The first-order valence-corrected chi connectivity index (χ1v) is 6.78. The van der Waals surface area contributed by atoms with E-state index in [1.807, 2.05) is 0 Å². The minimum Gasteiger partial charge on any atom is -0.323 e. The van der Waals surface area contributed by atoms with E-state index < -0.39 is 0 Å². The first-order valence-electron chi connectivity index (χ1n) is 6.78. The zero-order chi connectivity index (χ0) is 13.1. The molecule has 2 N–H and O–H groups in total. The third-order valence-electron chi connectivity index (χ3n) is 4.02. The van der Waals surface area contributed by atoms with Crippen molar-refractivity contribution in [2.24, 2.45) is 5.73 Å². The summed E-state index contributed by atoms with van der Waals surface area (Å²) in [4.78, 5) is 4.81. The van der Waals surface area contributed by atoms with Crippen molar-refractivity contribution in [2.75, 3.05) is 33.7 Å². The molecule has 100 valence electrons. The Kier molecular flexibility index (Phi) is 4.38. The Morgan fingerprint density at radius 2 is 2.11 bits per heavy atom. The highest BCUT2D eigenvalue weighted by Gasteiger charge is 2.25. The number of benzene rings is 1. The van der Waals surface area contributed by atoms with Gasteiger partial charge in [0.05, 0.1) is 0 Å². The molecule has 3 nitrogen and oxygen atoms in total. The maximum Gasteiger partial charge on any atom is 0.0426 e. The van der Waals surface area contributed by atoms with Crippen LogP contribution in [0.15, 0.2) is 24.3 Å². The SMILES string of the molecule is Cc1ccccc1C(N)CN1CCC(N(C)C)C1. The Hall–Kier alpha value is -0.900. The minimum absolute atomic E-state index is 0.132. The number of nitrogens with zero attached hydrogens (tertiary/aromatic N) is 2. The molecule has 2 rings (SSSR count). The molecule has 0 aliphatic carbocycles. The number of aryl methyl sites for hydroxylation is 1. The van der Waals surface area contributed by atoms with Gasteiger partial charge in [-0.3, -0.25) is 4.90 Å². The van der Waals surface area contributed by atoms with Crippen LogP contribution in [0.4, 0.5) is 0 Å². The normalized spacial score (nSPS) is 22.6. The second-order valence-corrected chi connectivity index (χ2v) is 5.63. The molecule has 3 heteroatoms. The van der Waals surface area contributed by atoms with Crippen LogP contribution in [0.1, 0.15) is 23.6 Å². The van der Waals surface area contributed by atoms with E-state index in [0.717, 1.165) is 13.1 Å². The van der Waals surface area contributed by atoms with E-state index in [4.69, 9.17) is 5.73 Å². The summed E-state index contributed by atoms with van der Waals surface area (Å²) in [5, 5.41) is 0. The van der Waals surface area contributed by atoms with E-state index in [1.165, 1.54) is 24.1 Å². The van der Waals surface area contributed by atoms with Crippen molar-refractivity contribution in [2.45, 2.75) is 25.4 Å². The highest BCUT2D eigenvalue weighted by atomic mass is 15.2. The van der Waals surface area contributed by atoms with Gasteiger partial charge in [-0.2, -0.15) is 0 Å². The summed E-state index contributed by atoms with van der Waals surface area (Å²) in [7, 11) is 4.32. The van der Waals surface area contributed by atoms with Gasteiger partial charge in [-0.1, -0.05) is 24.3 Å². The standard InChI is InChI=1S/C15H25N3/c1-12-6-4-5-7-14(12)15(16)11-18-9-8-13(10-18)17(2)3/h4-7,13,15H,8-11,16H2,1-3H3. The first kappa shape index (κ1) is 13.5. The zero-order valence-electron chi connectivity index (χ0n) is 11.8. The molecule has 1 heterocycles. The van der Waals surface area contributed by atoms with Gasteiger partial charge in [0.1, 0.15) is 0 Å². The van der Waals surface area contributed by atoms with Gasteiger partial charge in [0.15, 0.2) is 0 Å². The van der Waals surface area contributed by atoms with E-state index in [0.29, 0.717) is 6.04 Å². The summed E-state index contributed by atoms with van der Waals surface area (Å²) in [6.45, 7) is 5.42. The molecule has 1 saturated heterocycles. The fourth-order valence-corrected chi connectivity index (χ4v) is 2.78. The maximum absolute atomic E-state index is 6.34.